The van der Waals surface area contributed by atoms with Gasteiger partial charge in [-0.25, -0.2) is 0 Å². The third-order valence-corrected chi connectivity index (χ3v) is 4.05. The zero-order valence-corrected chi connectivity index (χ0v) is 12.8. The minimum Gasteiger partial charge on any atom is -0.369 e. The monoisotopic (exact) mass is 309 g/mol. The Kier molecular flexibility index (Phi) is 5.20. The Balaban J connectivity index is 1.84. The van der Waals surface area contributed by atoms with E-state index in [2.05, 4.69) is 5.32 Å². The van der Waals surface area contributed by atoms with Crippen LogP contribution in [0.15, 0.2) is 18.2 Å². The van der Waals surface area contributed by atoms with Gasteiger partial charge in [0.25, 0.3) is 0 Å². The number of piperidine rings is 1. The Morgan fingerprint density at radius 2 is 2.05 bits per heavy atom. The number of aryl methyl sites for hydroxylation is 1. The number of nitrogens with one attached hydrogen (secondary N) is 1. The van der Waals surface area contributed by atoms with E-state index in [0.717, 1.165) is 37.2 Å². The summed E-state index contributed by atoms with van der Waals surface area (Å²) in [4.78, 5) is 25.2. The van der Waals surface area contributed by atoms with Crippen LogP contribution in [0, 0.1) is 12.8 Å². The van der Waals surface area contributed by atoms with Crippen molar-refractivity contribution in [2.24, 2.45) is 11.7 Å². The van der Waals surface area contributed by atoms with Crippen molar-refractivity contribution in [2.75, 3.05) is 25.0 Å². The van der Waals surface area contributed by atoms with E-state index >= 15 is 0 Å². The number of halogens is 1. The highest BCUT2D eigenvalue weighted by molar-refractivity contribution is 6.30. The Morgan fingerprint density at radius 3 is 2.62 bits per heavy atom. The van der Waals surface area contributed by atoms with Crippen molar-refractivity contribution >= 4 is 29.1 Å². The van der Waals surface area contributed by atoms with Crippen LogP contribution in [0.25, 0.3) is 0 Å². The average molecular weight is 310 g/mol. The number of amides is 2. The van der Waals surface area contributed by atoms with E-state index in [4.69, 9.17) is 17.3 Å². The van der Waals surface area contributed by atoms with E-state index in [1.807, 2.05) is 17.9 Å². The fraction of sp³-hybridized carbons (Fsp3) is 0.467. The largest absolute Gasteiger partial charge is 0.369 e. The molecule has 114 valence electrons. The molecule has 0 bridgehead atoms. The van der Waals surface area contributed by atoms with Gasteiger partial charge in [-0.3, -0.25) is 14.5 Å². The molecule has 0 unspecified atom stereocenters. The highest BCUT2D eigenvalue weighted by Crippen LogP contribution is 2.20. The molecule has 1 aliphatic heterocycles. The van der Waals surface area contributed by atoms with E-state index in [-0.39, 0.29) is 17.7 Å². The number of primary amides is 1. The molecular weight excluding hydrogens is 290 g/mol. The molecule has 1 aromatic carbocycles. The minimum atomic E-state index is -0.240. The molecule has 0 aromatic heterocycles. The quantitative estimate of drug-likeness (QED) is 0.890. The molecule has 21 heavy (non-hydrogen) atoms. The zero-order chi connectivity index (χ0) is 15.4. The van der Waals surface area contributed by atoms with Crippen LogP contribution in [-0.2, 0) is 9.59 Å². The summed E-state index contributed by atoms with van der Waals surface area (Å²) >= 11 is 5.89. The fourth-order valence-corrected chi connectivity index (χ4v) is 2.76. The number of nitrogens with two attached hydrogens (primary N) is 1. The Bertz CT molecular complexity index is 540. The van der Waals surface area contributed by atoms with Gasteiger partial charge in [-0.05, 0) is 56.6 Å². The van der Waals surface area contributed by atoms with Crippen molar-refractivity contribution in [2.45, 2.75) is 19.8 Å². The summed E-state index contributed by atoms with van der Waals surface area (Å²) in [5, 5.41) is 3.54. The number of benzene rings is 1. The van der Waals surface area contributed by atoms with E-state index in [0.29, 0.717) is 11.6 Å². The first-order valence-electron chi connectivity index (χ1n) is 7.03. The lowest BCUT2D eigenvalue weighted by Crippen LogP contribution is -2.42. The predicted molar refractivity (Wildman–Crippen MR) is 83.2 cm³/mol. The zero-order valence-electron chi connectivity index (χ0n) is 12.1. The van der Waals surface area contributed by atoms with Gasteiger partial charge in [0, 0.05) is 16.6 Å². The molecule has 5 nitrogen and oxygen atoms in total. The Labute approximate surface area is 129 Å². The topological polar surface area (TPSA) is 75.4 Å². The fourth-order valence-electron chi connectivity index (χ4n) is 2.54. The van der Waals surface area contributed by atoms with Crippen molar-refractivity contribution in [3.8, 4) is 0 Å². The van der Waals surface area contributed by atoms with Crippen molar-refractivity contribution in [3.05, 3.63) is 28.8 Å². The van der Waals surface area contributed by atoms with Gasteiger partial charge in [0.2, 0.25) is 11.8 Å². The summed E-state index contributed by atoms with van der Waals surface area (Å²) in [6, 6.07) is 5.37. The van der Waals surface area contributed by atoms with Gasteiger partial charge in [0.05, 0.1) is 6.54 Å². The standard InChI is InChI=1S/C15H20ClN3O2/c1-10-8-12(16)2-3-13(10)18-14(20)9-19-6-4-11(5-7-19)15(17)21/h2-3,8,11H,4-7,9H2,1H3,(H2,17,21)(H,18,20). The van der Waals surface area contributed by atoms with E-state index in [9.17, 15) is 9.59 Å². The van der Waals surface area contributed by atoms with Crippen molar-refractivity contribution < 1.29 is 9.59 Å². The summed E-state index contributed by atoms with van der Waals surface area (Å²) in [5.41, 5.74) is 7.01. The maximum Gasteiger partial charge on any atom is 0.238 e. The first-order valence-corrected chi connectivity index (χ1v) is 7.41. The molecule has 1 aliphatic rings. The second-order valence-corrected chi connectivity index (χ2v) is 5.90. The number of carbonyl (C=O) groups excluding carboxylic acids is 2. The number of anilines is 1. The van der Waals surface area contributed by atoms with Crippen LogP contribution in [-0.4, -0.2) is 36.3 Å². The molecular formula is C15H20ClN3O2. The third kappa shape index (κ3) is 4.44. The molecule has 0 spiro atoms. The number of hydrogen-bond acceptors (Lipinski definition) is 3. The van der Waals surface area contributed by atoms with Gasteiger partial charge in [0.15, 0.2) is 0 Å². The first kappa shape index (κ1) is 15.8. The SMILES string of the molecule is Cc1cc(Cl)ccc1NC(=O)CN1CCC(C(N)=O)CC1. The number of hydrogen-bond donors (Lipinski definition) is 2. The molecule has 3 N–H and O–H groups in total. The average Bonchev–Trinajstić information content (AvgIpc) is 2.42. The number of rotatable bonds is 4. The molecule has 0 saturated carbocycles. The van der Waals surface area contributed by atoms with Gasteiger partial charge < -0.3 is 11.1 Å². The molecule has 0 atom stereocenters. The highest BCUT2D eigenvalue weighted by atomic mass is 35.5. The minimum absolute atomic E-state index is 0.0529. The smallest absolute Gasteiger partial charge is 0.238 e. The van der Waals surface area contributed by atoms with Crippen LogP contribution in [0.1, 0.15) is 18.4 Å². The van der Waals surface area contributed by atoms with Crippen LogP contribution in [0.5, 0.6) is 0 Å². The van der Waals surface area contributed by atoms with Crippen LogP contribution in [0.4, 0.5) is 5.69 Å². The van der Waals surface area contributed by atoms with Gasteiger partial charge >= 0.3 is 0 Å². The molecule has 1 heterocycles. The summed E-state index contributed by atoms with van der Waals surface area (Å²) in [5.74, 6) is -0.350. The molecule has 0 aliphatic carbocycles. The molecule has 1 saturated heterocycles. The van der Waals surface area contributed by atoms with Gasteiger partial charge in [-0.1, -0.05) is 11.6 Å². The van der Waals surface area contributed by atoms with Gasteiger partial charge in [-0.15, -0.1) is 0 Å². The summed E-state index contributed by atoms with van der Waals surface area (Å²) in [7, 11) is 0. The third-order valence-electron chi connectivity index (χ3n) is 3.82. The lowest BCUT2D eigenvalue weighted by Gasteiger charge is -2.29. The second kappa shape index (κ2) is 6.91. The Hall–Kier alpha value is -1.59. The Morgan fingerprint density at radius 1 is 1.38 bits per heavy atom. The van der Waals surface area contributed by atoms with Crippen LogP contribution < -0.4 is 11.1 Å². The molecule has 0 radical (unpaired) electrons. The van der Waals surface area contributed by atoms with Gasteiger partial charge in [0.1, 0.15) is 0 Å². The maximum absolute atomic E-state index is 12.1. The molecule has 1 aromatic rings. The molecule has 6 heteroatoms. The lowest BCUT2D eigenvalue weighted by molar-refractivity contribution is -0.123. The number of carbonyl (C=O) groups is 2. The molecule has 2 rings (SSSR count). The predicted octanol–water partition coefficient (Wildman–Crippen LogP) is 1.78. The second-order valence-electron chi connectivity index (χ2n) is 5.46. The van der Waals surface area contributed by atoms with E-state index < -0.39 is 0 Å². The maximum atomic E-state index is 12.1. The summed E-state index contributed by atoms with van der Waals surface area (Å²) in [6.45, 7) is 3.68. The van der Waals surface area contributed by atoms with Crippen LogP contribution in [0.2, 0.25) is 5.02 Å². The van der Waals surface area contributed by atoms with E-state index in [1.165, 1.54) is 0 Å². The number of likely N-dealkylation sites (tertiary alicyclic amines) is 1. The van der Waals surface area contributed by atoms with Crippen molar-refractivity contribution in [1.29, 1.82) is 0 Å². The molecule has 1 fully saturated rings. The first-order chi connectivity index (χ1) is 9.95. The van der Waals surface area contributed by atoms with Crippen molar-refractivity contribution in [3.63, 3.8) is 0 Å². The lowest BCUT2D eigenvalue weighted by atomic mass is 9.96. The summed E-state index contributed by atoms with van der Waals surface area (Å²) < 4.78 is 0. The van der Waals surface area contributed by atoms with Crippen molar-refractivity contribution in [1.82, 2.24) is 4.90 Å². The van der Waals surface area contributed by atoms with Crippen LogP contribution >= 0.6 is 11.6 Å². The normalized spacial score (nSPS) is 16.7. The summed E-state index contributed by atoms with van der Waals surface area (Å²) in [6.07, 6.45) is 1.45. The van der Waals surface area contributed by atoms with Gasteiger partial charge in [-0.2, -0.15) is 0 Å². The van der Waals surface area contributed by atoms with Crippen LogP contribution in [0.3, 0.4) is 0 Å². The highest BCUT2D eigenvalue weighted by Gasteiger charge is 2.24. The number of nitrogens with zero attached hydrogens (tertiary/aromatic N) is 1. The molecule has 2 amide bonds. The van der Waals surface area contributed by atoms with E-state index in [1.54, 1.807) is 12.1 Å².